The van der Waals surface area contributed by atoms with Crippen molar-refractivity contribution in [3.05, 3.63) is 30.6 Å². The maximum absolute atomic E-state index is 5.77. The molecule has 0 spiro atoms. The van der Waals surface area contributed by atoms with Crippen LogP contribution in [0.3, 0.4) is 0 Å². The van der Waals surface area contributed by atoms with Crippen LogP contribution >= 0.6 is 15.9 Å². The number of halogens is 1. The number of imidazole rings is 1. The fourth-order valence-electron chi connectivity index (χ4n) is 2.40. The van der Waals surface area contributed by atoms with E-state index in [4.69, 9.17) is 4.74 Å². The molecule has 96 valence electrons. The van der Waals surface area contributed by atoms with Gasteiger partial charge in [0.15, 0.2) is 0 Å². The fraction of sp³-hybridized carbons (Fsp3) is 0.462. The van der Waals surface area contributed by atoms with Gasteiger partial charge in [-0.1, -0.05) is 22.0 Å². The molecule has 0 aliphatic carbocycles. The second-order valence-corrected chi connectivity index (χ2v) is 5.30. The lowest BCUT2D eigenvalue weighted by atomic mass is 10.2. The van der Waals surface area contributed by atoms with E-state index in [1.54, 1.807) is 0 Å². The topological polar surface area (TPSA) is 29.8 Å². The first-order valence-electron chi connectivity index (χ1n) is 6.16. The van der Waals surface area contributed by atoms with Gasteiger partial charge >= 0.3 is 0 Å². The summed E-state index contributed by atoms with van der Waals surface area (Å²) in [5, 5.41) is 0.871. The third-order valence-electron chi connectivity index (χ3n) is 3.38. The van der Waals surface area contributed by atoms with Crippen LogP contribution in [0.15, 0.2) is 30.6 Å². The number of hydrogen-bond donors (Lipinski definition) is 0. The first kappa shape index (κ1) is 12.0. The Morgan fingerprint density at radius 1 is 1.50 bits per heavy atom. The van der Waals surface area contributed by atoms with Gasteiger partial charge in [-0.25, -0.2) is 4.98 Å². The molecule has 0 saturated carbocycles. The van der Waals surface area contributed by atoms with Crippen LogP contribution < -0.4 is 4.90 Å². The van der Waals surface area contributed by atoms with Gasteiger partial charge in [0.05, 0.1) is 18.8 Å². The molecule has 1 fully saturated rings. The summed E-state index contributed by atoms with van der Waals surface area (Å²) >= 11 is 3.50. The van der Waals surface area contributed by atoms with E-state index < -0.39 is 0 Å². The molecule has 0 bridgehead atoms. The Balaban J connectivity index is 1.99. The molecule has 3 heterocycles. The van der Waals surface area contributed by atoms with Gasteiger partial charge in [-0.2, -0.15) is 0 Å². The summed E-state index contributed by atoms with van der Waals surface area (Å²) in [7, 11) is 0. The van der Waals surface area contributed by atoms with Gasteiger partial charge in [0.2, 0.25) is 0 Å². The summed E-state index contributed by atoms with van der Waals surface area (Å²) in [6.45, 7) is 3.87. The molecule has 0 N–H and O–H groups in total. The third-order valence-corrected chi connectivity index (χ3v) is 4.10. The van der Waals surface area contributed by atoms with Crippen molar-refractivity contribution in [3.8, 4) is 0 Å². The zero-order valence-electron chi connectivity index (χ0n) is 10.3. The average molecular weight is 310 g/mol. The van der Waals surface area contributed by atoms with Crippen molar-refractivity contribution in [3.63, 3.8) is 0 Å². The van der Waals surface area contributed by atoms with Crippen LogP contribution in [0.4, 0.5) is 5.82 Å². The maximum Gasteiger partial charge on any atom is 0.138 e. The lowest BCUT2D eigenvalue weighted by Gasteiger charge is -2.39. The number of fused-ring (bicyclic) bond motifs is 1. The highest BCUT2D eigenvalue weighted by molar-refractivity contribution is 9.09. The first-order valence-corrected chi connectivity index (χ1v) is 7.28. The Morgan fingerprint density at radius 2 is 2.39 bits per heavy atom. The highest BCUT2D eigenvalue weighted by Gasteiger charge is 2.26. The van der Waals surface area contributed by atoms with Crippen LogP contribution in [0.1, 0.15) is 6.92 Å². The van der Waals surface area contributed by atoms with E-state index >= 15 is 0 Å². The third kappa shape index (κ3) is 2.01. The zero-order chi connectivity index (χ0) is 12.5. The lowest BCUT2D eigenvalue weighted by molar-refractivity contribution is 0.0375. The largest absolute Gasteiger partial charge is 0.373 e. The molecule has 2 atom stereocenters. The predicted molar refractivity (Wildman–Crippen MR) is 75.5 cm³/mol. The van der Waals surface area contributed by atoms with Crippen molar-refractivity contribution >= 4 is 27.4 Å². The monoisotopic (exact) mass is 309 g/mol. The SMILES string of the molecule is CC1COC(CBr)CN1c1cccc2nccn12. The number of hydrogen-bond acceptors (Lipinski definition) is 3. The van der Waals surface area contributed by atoms with Gasteiger partial charge in [-0.3, -0.25) is 4.40 Å². The first-order chi connectivity index (χ1) is 8.79. The summed E-state index contributed by atoms with van der Waals surface area (Å²) in [5.41, 5.74) is 0.988. The molecule has 5 heteroatoms. The number of morpholine rings is 1. The van der Waals surface area contributed by atoms with E-state index in [-0.39, 0.29) is 6.10 Å². The Labute approximate surface area is 115 Å². The summed E-state index contributed by atoms with van der Waals surface area (Å²) in [6.07, 6.45) is 4.10. The number of ether oxygens (including phenoxy) is 1. The second-order valence-electron chi connectivity index (χ2n) is 4.65. The Hall–Kier alpha value is -1.07. The molecule has 0 amide bonds. The molecular weight excluding hydrogens is 294 g/mol. The van der Waals surface area contributed by atoms with Crippen LogP contribution in [-0.2, 0) is 4.74 Å². The van der Waals surface area contributed by atoms with Crippen LogP contribution in [0.5, 0.6) is 0 Å². The second kappa shape index (κ2) is 4.90. The smallest absolute Gasteiger partial charge is 0.138 e. The van der Waals surface area contributed by atoms with Crippen molar-refractivity contribution in [2.24, 2.45) is 0 Å². The molecule has 0 radical (unpaired) electrons. The number of rotatable bonds is 2. The van der Waals surface area contributed by atoms with Crippen LogP contribution in [-0.4, -0.2) is 40.0 Å². The number of alkyl halides is 1. The molecule has 1 saturated heterocycles. The van der Waals surface area contributed by atoms with E-state index in [0.29, 0.717) is 6.04 Å². The van der Waals surface area contributed by atoms with Crippen LogP contribution in [0.2, 0.25) is 0 Å². The molecule has 1 aliphatic heterocycles. The van der Waals surface area contributed by atoms with Crippen molar-refractivity contribution in [1.82, 2.24) is 9.38 Å². The summed E-state index contributed by atoms with van der Waals surface area (Å²) in [4.78, 5) is 6.73. The molecule has 18 heavy (non-hydrogen) atoms. The van der Waals surface area contributed by atoms with Crippen LogP contribution in [0.25, 0.3) is 5.65 Å². The summed E-state index contributed by atoms with van der Waals surface area (Å²) in [6, 6.07) is 6.61. The minimum absolute atomic E-state index is 0.250. The maximum atomic E-state index is 5.77. The van der Waals surface area contributed by atoms with Gasteiger partial charge < -0.3 is 9.64 Å². The number of anilines is 1. The molecule has 0 aromatic carbocycles. The number of pyridine rings is 1. The number of aromatic nitrogens is 2. The van der Waals surface area contributed by atoms with Gasteiger partial charge in [-0.15, -0.1) is 0 Å². The number of nitrogens with zero attached hydrogens (tertiary/aromatic N) is 3. The summed E-state index contributed by atoms with van der Waals surface area (Å²) < 4.78 is 7.90. The Morgan fingerprint density at radius 3 is 3.22 bits per heavy atom. The molecule has 2 unspecified atom stereocenters. The quantitative estimate of drug-likeness (QED) is 0.798. The molecule has 4 nitrogen and oxygen atoms in total. The van der Waals surface area contributed by atoms with E-state index in [2.05, 4.69) is 49.3 Å². The Bertz CT molecular complexity index is 542. The standard InChI is InChI=1S/C13H16BrN3O/c1-10-9-18-11(7-14)8-17(10)13-4-2-3-12-15-5-6-16(12)13/h2-6,10-11H,7-9H2,1H3. The predicted octanol–water partition coefficient (Wildman–Crippen LogP) is 2.32. The molecule has 1 aliphatic rings. The molecule has 2 aromatic rings. The van der Waals surface area contributed by atoms with E-state index in [1.807, 2.05) is 18.5 Å². The van der Waals surface area contributed by atoms with Gasteiger partial charge in [-0.05, 0) is 19.1 Å². The molecule has 2 aromatic heterocycles. The van der Waals surface area contributed by atoms with E-state index in [9.17, 15) is 0 Å². The average Bonchev–Trinajstić information content (AvgIpc) is 2.87. The van der Waals surface area contributed by atoms with Crippen LogP contribution in [0, 0.1) is 0 Å². The highest BCUT2D eigenvalue weighted by Crippen LogP contribution is 2.23. The van der Waals surface area contributed by atoms with E-state index in [0.717, 1.165) is 24.1 Å². The van der Waals surface area contributed by atoms with Crippen molar-refractivity contribution in [1.29, 1.82) is 0 Å². The Kier molecular flexibility index (Phi) is 3.26. The molecule has 3 rings (SSSR count). The minimum Gasteiger partial charge on any atom is -0.373 e. The normalized spacial score (nSPS) is 24.7. The summed E-state index contributed by atoms with van der Waals surface area (Å²) in [5.74, 6) is 1.19. The highest BCUT2D eigenvalue weighted by atomic mass is 79.9. The molecular formula is C13H16BrN3O. The fourth-order valence-corrected chi connectivity index (χ4v) is 2.79. The van der Waals surface area contributed by atoms with Crippen molar-refractivity contribution < 1.29 is 4.74 Å². The van der Waals surface area contributed by atoms with E-state index in [1.165, 1.54) is 5.82 Å². The minimum atomic E-state index is 0.250. The van der Waals surface area contributed by atoms with Crippen molar-refractivity contribution in [2.45, 2.75) is 19.1 Å². The van der Waals surface area contributed by atoms with Crippen molar-refractivity contribution in [2.75, 3.05) is 23.4 Å². The van der Waals surface area contributed by atoms with Gasteiger partial charge in [0.1, 0.15) is 11.5 Å². The zero-order valence-corrected chi connectivity index (χ0v) is 11.9. The van der Waals surface area contributed by atoms with Gasteiger partial charge in [0.25, 0.3) is 0 Å². The lowest BCUT2D eigenvalue weighted by Crippen LogP contribution is -2.49. The van der Waals surface area contributed by atoms with Gasteiger partial charge in [0, 0.05) is 24.3 Å².